The summed E-state index contributed by atoms with van der Waals surface area (Å²) in [5, 5.41) is 2.96. The maximum atomic E-state index is 13.1. The molecule has 0 aliphatic heterocycles. The first-order valence-electron chi connectivity index (χ1n) is 12.3. The third-order valence-corrected chi connectivity index (χ3v) is 6.28. The van der Waals surface area contributed by atoms with E-state index in [0.29, 0.717) is 28.4 Å². The van der Waals surface area contributed by atoms with Gasteiger partial charge in [0.2, 0.25) is 5.89 Å². The topological polar surface area (TPSA) is 64.4 Å². The summed E-state index contributed by atoms with van der Waals surface area (Å²) in [6.07, 6.45) is 0. The number of oxazole rings is 1. The van der Waals surface area contributed by atoms with Gasteiger partial charge in [-0.1, -0.05) is 65.8 Å². The van der Waals surface area contributed by atoms with Gasteiger partial charge < -0.3 is 14.5 Å². The van der Waals surface area contributed by atoms with Gasteiger partial charge in [-0.05, 0) is 78.3 Å². The van der Waals surface area contributed by atoms with Gasteiger partial charge in [-0.3, -0.25) is 4.79 Å². The molecule has 0 fully saturated rings. The Kier molecular flexibility index (Phi) is 6.46. The fourth-order valence-electron chi connectivity index (χ4n) is 3.89. The Balaban J connectivity index is 1.48. The van der Waals surface area contributed by atoms with E-state index >= 15 is 0 Å². The second kappa shape index (κ2) is 9.12. The van der Waals surface area contributed by atoms with Gasteiger partial charge in [0.25, 0.3) is 5.91 Å². The number of aromatic nitrogens is 1. The largest absolute Gasteiger partial charge is 0.478 e. The van der Waals surface area contributed by atoms with Crippen molar-refractivity contribution in [2.24, 2.45) is 0 Å². The highest BCUT2D eigenvalue weighted by atomic mass is 16.5. The molecule has 3 aromatic carbocycles. The molecule has 5 heteroatoms. The fourth-order valence-corrected chi connectivity index (χ4v) is 3.89. The Morgan fingerprint density at radius 2 is 1.33 bits per heavy atom. The summed E-state index contributed by atoms with van der Waals surface area (Å²) < 4.78 is 12.0. The van der Waals surface area contributed by atoms with Crippen molar-refractivity contribution in [1.82, 2.24) is 4.98 Å². The minimum absolute atomic E-state index is 0.0565. The van der Waals surface area contributed by atoms with Gasteiger partial charge in [0.05, 0.1) is 0 Å². The molecule has 5 nitrogen and oxygen atoms in total. The smallest absolute Gasteiger partial charge is 0.267 e. The van der Waals surface area contributed by atoms with Crippen LogP contribution in [0.4, 0.5) is 5.69 Å². The molecule has 0 saturated heterocycles. The number of anilines is 1. The molecular weight excluding hydrogens is 448 g/mol. The van der Waals surface area contributed by atoms with Crippen LogP contribution in [0.15, 0.2) is 71.1 Å². The van der Waals surface area contributed by atoms with E-state index in [0.717, 1.165) is 5.56 Å². The molecule has 36 heavy (non-hydrogen) atoms. The van der Waals surface area contributed by atoms with Crippen LogP contribution in [0.25, 0.3) is 22.6 Å². The number of hydrogen-bond donors (Lipinski definition) is 1. The monoisotopic (exact) mass is 484 g/mol. The van der Waals surface area contributed by atoms with Gasteiger partial charge >= 0.3 is 0 Å². The quantitative estimate of drug-likeness (QED) is 0.313. The van der Waals surface area contributed by atoms with Crippen LogP contribution in [0.1, 0.15) is 66.5 Å². The zero-order chi connectivity index (χ0) is 26.3. The normalized spacial score (nSPS) is 12.6. The summed E-state index contributed by atoms with van der Waals surface area (Å²) in [6.45, 7) is 16.6. The molecule has 0 unspecified atom stereocenters. The number of hydrogen-bond acceptors (Lipinski definition) is 4. The number of amides is 1. The predicted molar refractivity (Wildman–Crippen MR) is 147 cm³/mol. The van der Waals surface area contributed by atoms with Crippen molar-refractivity contribution >= 4 is 22.7 Å². The lowest BCUT2D eigenvalue weighted by Crippen LogP contribution is -2.42. The average Bonchev–Trinajstić information content (AvgIpc) is 3.21. The average molecular weight is 485 g/mol. The first-order valence-corrected chi connectivity index (χ1v) is 12.3. The Labute approximate surface area is 213 Å². The summed E-state index contributed by atoms with van der Waals surface area (Å²) in [5.74, 6) is 0.955. The van der Waals surface area contributed by atoms with Crippen LogP contribution in [-0.2, 0) is 15.6 Å². The molecular formula is C31H36N2O3. The van der Waals surface area contributed by atoms with Crippen LogP contribution in [0.3, 0.4) is 0 Å². The van der Waals surface area contributed by atoms with E-state index in [1.54, 1.807) is 13.8 Å². The summed E-state index contributed by atoms with van der Waals surface area (Å²) in [4.78, 5) is 17.7. The van der Waals surface area contributed by atoms with E-state index < -0.39 is 5.60 Å². The lowest BCUT2D eigenvalue weighted by Gasteiger charge is -2.26. The summed E-state index contributed by atoms with van der Waals surface area (Å²) in [6, 6.07) is 21.6. The molecule has 0 spiro atoms. The number of ether oxygens (including phenoxy) is 1. The van der Waals surface area contributed by atoms with Crippen LogP contribution in [-0.4, -0.2) is 16.5 Å². The van der Waals surface area contributed by atoms with Crippen molar-refractivity contribution in [3.8, 4) is 17.2 Å². The van der Waals surface area contributed by atoms with Gasteiger partial charge in [-0.2, -0.15) is 0 Å². The first kappa shape index (κ1) is 25.5. The number of carbonyl (C=O) groups excluding carboxylic acids is 1. The Morgan fingerprint density at radius 3 is 1.89 bits per heavy atom. The van der Waals surface area contributed by atoms with E-state index in [9.17, 15) is 4.79 Å². The van der Waals surface area contributed by atoms with Gasteiger partial charge in [0, 0.05) is 11.3 Å². The van der Waals surface area contributed by atoms with Gasteiger partial charge in [-0.25, -0.2) is 4.98 Å². The molecule has 4 aromatic rings. The van der Waals surface area contributed by atoms with Crippen molar-refractivity contribution in [2.45, 2.75) is 71.8 Å². The predicted octanol–water partition coefficient (Wildman–Crippen LogP) is 7.89. The number of carbonyl (C=O) groups is 1. The summed E-state index contributed by atoms with van der Waals surface area (Å²) >= 11 is 0. The maximum Gasteiger partial charge on any atom is 0.267 e. The zero-order valence-corrected chi connectivity index (χ0v) is 22.5. The standard InChI is InChI=1S/C31H36N2O3/c1-29(2,3)21-11-9-20(10-12-21)27-33-25-19-23(15-18-26(25)35-27)32-28(34)31(7,8)36-24-16-13-22(14-17-24)30(4,5)6/h9-19H,1-8H3,(H,32,34). The first-order chi connectivity index (χ1) is 16.7. The Morgan fingerprint density at radius 1 is 0.778 bits per heavy atom. The lowest BCUT2D eigenvalue weighted by atomic mass is 9.87. The van der Waals surface area contributed by atoms with Crippen molar-refractivity contribution in [1.29, 1.82) is 0 Å². The Bertz CT molecular complexity index is 1370. The fraction of sp³-hybridized carbons (Fsp3) is 0.355. The molecule has 1 N–H and O–H groups in total. The molecule has 0 radical (unpaired) electrons. The minimum atomic E-state index is -1.07. The number of benzene rings is 3. The third-order valence-electron chi connectivity index (χ3n) is 6.28. The SMILES string of the molecule is CC(C)(Oc1ccc(C(C)(C)C)cc1)C(=O)Nc1ccc2oc(-c3ccc(C(C)(C)C)cc3)nc2c1. The summed E-state index contributed by atoms with van der Waals surface area (Å²) in [5.41, 5.74) is 4.43. The van der Waals surface area contributed by atoms with Crippen molar-refractivity contribution < 1.29 is 13.9 Å². The van der Waals surface area contributed by atoms with Crippen LogP contribution < -0.4 is 10.1 Å². The second-order valence-corrected chi connectivity index (χ2v) is 11.9. The van der Waals surface area contributed by atoms with E-state index in [2.05, 4.69) is 64.0 Å². The zero-order valence-electron chi connectivity index (χ0n) is 22.5. The molecule has 1 heterocycles. The van der Waals surface area contributed by atoms with Crippen LogP contribution in [0, 0.1) is 0 Å². The van der Waals surface area contributed by atoms with Crippen molar-refractivity contribution in [3.63, 3.8) is 0 Å². The van der Waals surface area contributed by atoms with Crippen LogP contribution in [0.2, 0.25) is 0 Å². The Hall–Kier alpha value is -3.60. The van der Waals surface area contributed by atoms with E-state index in [4.69, 9.17) is 9.15 Å². The molecule has 0 aliphatic carbocycles. The second-order valence-electron chi connectivity index (χ2n) is 11.9. The number of nitrogens with one attached hydrogen (secondary N) is 1. The van der Waals surface area contributed by atoms with Crippen molar-refractivity contribution in [3.05, 3.63) is 77.9 Å². The molecule has 0 saturated carbocycles. The number of rotatable bonds is 5. The molecule has 188 valence electrons. The number of nitrogens with zero attached hydrogens (tertiary/aromatic N) is 1. The van der Waals surface area contributed by atoms with E-state index in [1.165, 1.54) is 11.1 Å². The molecule has 0 aliphatic rings. The molecule has 1 amide bonds. The molecule has 4 rings (SSSR count). The molecule has 1 aromatic heterocycles. The third kappa shape index (κ3) is 5.62. The maximum absolute atomic E-state index is 13.1. The highest BCUT2D eigenvalue weighted by Gasteiger charge is 2.30. The highest BCUT2D eigenvalue weighted by Crippen LogP contribution is 2.30. The van der Waals surface area contributed by atoms with Crippen LogP contribution in [0.5, 0.6) is 5.75 Å². The van der Waals surface area contributed by atoms with Crippen LogP contribution >= 0.6 is 0 Å². The number of fused-ring (bicyclic) bond motifs is 1. The van der Waals surface area contributed by atoms with E-state index in [1.807, 2.05) is 54.6 Å². The molecule has 0 bridgehead atoms. The van der Waals surface area contributed by atoms with Gasteiger partial charge in [-0.15, -0.1) is 0 Å². The van der Waals surface area contributed by atoms with E-state index in [-0.39, 0.29) is 16.7 Å². The van der Waals surface area contributed by atoms with Gasteiger partial charge in [0.1, 0.15) is 11.3 Å². The lowest BCUT2D eigenvalue weighted by molar-refractivity contribution is -0.128. The summed E-state index contributed by atoms with van der Waals surface area (Å²) in [7, 11) is 0. The molecule has 0 atom stereocenters. The van der Waals surface area contributed by atoms with Crippen molar-refractivity contribution in [2.75, 3.05) is 5.32 Å². The highest BCUT2D eigenvalue weighted by molar-refractivity contribution is 5.98. The minimum Gasteiger partial charge on any atom is -0.478 e. The van der Waals surface area contributed by atoms with Gasteiger partial charge in [0.15, 0.2) is 11.2 Å².